The van der Waals surface area contributed by atoms with Crippen LogP contribution in [0.5, 0.6) is 0 Å². The molecule has 4 unspecified atom stereocenters. The number of hydrogen-bond acceptors (Lipinski definition) is 5. The zero-order chi connectivity index (χ0) is 17.4. The van der Waals surface area contributed by atoms with Gasteiger partial charge in [-0.05, 0) is 11.6 Å². The molecule has 1 amide bonds. The van der Waals surface area contributed by atoms with Crippen LogP contribution in [0.25, 0.3) is 0 Å². The van der Waals surface area contributed by atoms with Gasteiger partial charge >= 0.3 is 0 Å². The number of rotatable bonds is 3. The molecule has 0 aliphatic carbocycles. The molecule has 2 aliphatic heterocycles. The zero-order valence-electron chi connectivity index (χ0n) is 14.4. The van der Waals surface area contributed by atoms with Crippen molar-refractivity contribution in [1.29, 1.82) is 0 Å². The molecule has 6 nitrogen and oxygen atoms in total. The molecular formula is C19H23N5O. The molecule has 2 aromatic rings. The molecule has 6 heteroatoms. The van der Waals surface area contributed by atoms with Gasteiger partial charge in [-0.2, -0.15) is 0 Å². The number of nitrogens with zero attached hydrogens (tertiary/aromatic N) is 2. The van der Waals surface area contributed by atoms with Gasteiger partial charge in [0, 0.05) is 36.1 Å². The first-order valence-electron chi connectivity index (χ1n) is 8.81. The average Bonchev–Trinajstić information content (AvgIpc) is 3.05. The van der Waals surface area contributed by atoms with Crippen LogP contribution in [0.15, 0.2) is 42.6 Å². The summed E-state index contributed by atoms with van der Waals surface area (Å²) in [5, 5.41) is 3.06. The quantitative estimate of drug-likeness (QED) is 0.798. The highest BCUT2D eigenvalue weighted by Crippen LogP contribution is 2.42. The Labute approximate surface area is 147 Å². The number of carbonyl (C=O) groups is 1. The lowest BCUT2D eigenvalue weighted by Gasteiger charge is -2.35. The number of amides is 1. The molecule has 25 heavy (non-hydrogen) atoms. The van der Waals surface area contributed by atoms with Crippen LogP contribution in [-0.4, -0.2) is 22.0 Å². The van der Waals surface area contributed by atoms with Gasteiger partial charge in [0.15, 0.2) is 0 Å². The number of carbonyl (C=O) groups excluding carboxylic acids is 1. The second-order valence-corrected chi connectivity index (χ2v) is 7.10. The molecule has 1 aromatic heterocycles. The van der Waals surface area contributed by atoms with Gasteiger partial charge in [-0.15, -0.1) is 0 Å². The Kier molecular flexibility index (Phi) is 4.23. The van der Waals surface area contributed by atoms with Crippen LogP contribution in [0.2, 0.25) is 0 Å². The molecule has 0 radical (unpaired) electrons. The van der Waals surface area contributed by atoms with E-state index in [2.05, 4.69) is 47.1 Å². The minimum Gasteiger partial charge on any atom is -0.339 e. The van der Waals surface area contributed by atoms with E-state index in [0.29, 0.717) is 6.42 Å². The van der Waals surface area contributed by atoms with E-state index in [-0.39, 0.29) is 35.9 Å². The first-order chi connectivity index (χ1) is 12.1. The van der Waals surface area contributed by atoms with Crippen molar-refractivity contribution in [2.75, 3.05) is 0 Å². The molecule has 3 heterocycles. The van der Waals surface area contributed by atoms with Crippen LogP contribution in [0.4, 0.5) is 0 Å². The fourth-order valence-corrected chi connectivity index (χ4v) is 3.87. The summed E-state index contributed by atoms with van der Waals surface area (Å²) in [6.45, 7) is 4.17. The van der Waals surface area contributed by atoms with Crippen LogP contribution in [0, 0.1) is 5.92 Å². The van der Waals surface area contributed by atoms with Crippen LogP contribution in [0.3, 0.4) is 0 Å². The Morgan fingerprint density at radius 2 is 1.92 bits per heavy atom. The zero-order valence-corrected chi connectivity index (χ0v) is 14.4. The van der Waals surface area contributed by atoms with Crippen molar-refractivity contribution in [2.24, 2.45) is 5.92 Å². The maximum atomic E-state index is 12.2. The van der Waals surface area contributed by atoms with E-state index in [0.717, 1.165) is 11.5 Å². The van der Waals surface area contributed by atoms with E-state index in [1.165, 1.54) is 5.56 Å². The molecule has 2 fully saturated rings. The molecule has 4 rings (SSSR count). The summed E-state index contributed by atoms with van der Waals surface area (Å²) >= 11 is 0. The topological polar surface area (TPSA) is 78.9 Å². The maximum absolute atomic E-state index is 12.2. The maximum Gasteiger partial charge on any atom is 0.221 e. The van der Waals surface area contributed by atoms with Gasteiger partial charge in [-0.1, -0.05) is 44.2 Å². The van der Waals surface area contributed by atoms with E-state index in [1.54, 1.807) is 0 Å². The van der Waals surface area contributed by atoms with Crippen molar-refractivity contribution in [3.63, 3.8) is 0 Å². The third kappa shape index (κ3) is 3.03. The third-order valence-electron chi connectivity index (χ3n) is 5.10. The standard InChI is InChI=1S/C19H23N5O/c1-11(2)18-20-9-8-14(21-18)13-10-15(25)22-19-16(13)17(23-24-19)12-6-4-3-5-7-12/h3-9,11,13,16-17,19,23-24H,10H2,1-2H3,(H,22,25). The molecule has 0 spiro atoms. The summed E-state index contributed by atoms with van der Waals surface area (Å²) in [5.74, 6) is 1.38. The SMILES string of the molecule is CC(C)c1nccc(C2CC(=O)NC3NNC(c4ccccc4)C32)n1. The third-order valence-corrected chi connectivity index (χ3v) is 5.10. The first-order valence-corrected chi connectivity index (χ1v) is 8.81. The van der Waals surface area contributed by atoms with E-state index >= 15 is 0 Å². The summed E-state index contributed by atoms with van der Waals surface area (Å²) in [5.41, 5.74) is 8.78. The molecular weight excluding hydrogens is 314 g/mol. The summed E-state index contributed by atoms with van der Waals surface area (Å²) in [7, 11) is 0. The fraction of sp³-hybridized carbons (Fsp3) is 0.421. The minimum absolute atomic E-state index is 0.0481. The second-order valence-electron chi connectivity index (χ2n) is 7.10. The van der Waals surface area contributed by atoms with Crippen molar-refractivity contribution >= 4 is 5.91 Å². The van der Waals surface area contributed by atoms with Crippen molar-refractivity contribution in [1.82, 2.24) is 26.1 Å². The largest absolute Gasteiger partial charge is 0.339 e. The van der Waals surface area contributed by atoms with Gasteiger partial charge in [-0.3, -0.25) is 4.79 Å². The van der Waals surface area contributed by atoms with Crippen molar-refractivity contribution in [3.8, 4) is 0 Å². The fourth-order valence-electron chi connectivity index (χ4n) is 3.87. The molecule has 1 aromatic carbocycles. The lowest BCUT2D eigenvalue weighted by Crippen LogP contribution is -2.52. The smallest absolute Gasteiger partial charge is 0.221 e. The molecule has 2 aliphatic rings. The van der Waals surface area contributed by atoms with Gasteiger partial charge in [0.1, 0.15) is 5.82 Å². The molecule has 0 bridgehead atoms. The van der Waals surface area contributed by atoms with Gasteiger partial charge in [0.2, 0.25) is 5.91 Å². The van der Waals surface area contributed by atoms with Crippen LogP contribution in [0.1, 0.15) is 55.2 Å². The lowest BCUT2D eigenvalue weighted by atomic mass is 9.76. The predicted octanol–water partition coefficient (Wildman–Crippen LogP) is 1.99. The molecule has 130 valence electrons. The number of aromatic nitrogens is 2. The van der Waals surface area contributed by atoms with Gasteiger partial charge < -0.3 is 5.32 Å². The Hall–Kier alpha value is -2.31. The van der Waals surface area contributed by atoms with Crippen molar-refractivity contribution < 1.29 is 4.79 Å². The normalized spacial score (nSPS) is 28.7. The van der Waals surface area contributed by atoms with E-state index in [1.807, 2.05) is 30.5 Å². The number of hydrazine groups is 1. The summed E-state index contributed by atoms with van der Waals surface area (Å²) in [4.78, 5) is 21.4. The highest BCUT2D eigenvalue weighted by molar-refractivity contribution is 5.78. The molecule has 3 N–H and O–H groups in total. The minimum atomic E-state index is -0.103. The molecule has 4 atom stereocenters. The van der Waals surface area contributed by atoms with E-state index in [9.17, 15) is 4.79 Å². The Bertz CT molecular complexity index is 763. The monoisotopic (exact) mass is 337 g/mol. The van der Waals surface area contributed by atoms with E-state index < -0.39 is 0 Å². The Balaban J connectivity index is 1.72. The van der Waals surface area contributed by atoms with Crippen molar-refractivity contribution in [2.45, 2.75) is 44.3 Å². The van der Waals surface area contributed by atoms with E-state index in [4.69, 9.17) is 4.98 Å². The second kappa shape index (κ2) is 6.54. The first kappa shape index (κ1) is 16.2. The number of hydrogen-bond donors (Lipinski definition) is 3. The summed E-state index contributed by atoms with van der Waals surface area (Å²) in [6, 6.07) is 12.4. The number of benzene rings is 1. The predicted molar refractivity (Wildman–Crippen MR) is 94.4 cm³/mol. The van der Waals surface area contributed by atoms with Gasteiger partial charge in [0.25, 0.3) is 0 Å². The summed E-state index contributed by atoms with van der Waals surface area (Å²) in [6.07, 6.45) is 2.16. The van der Waals surface area contributed by atoms with Crippen LogP contribution >= 0.6 is 0 Å². The highest BCUT2D eigenvalue weighted by atomic mass is 16.2. The number of fused-ring (bicyclic) bond motifs is 1. The Morgan fingerprint density at radius 1 is 1.12 bits per heavy atom. The molecule has 2 saturated heterocycles. The van der Waals surface area contributed by atoms with Gasteiger partial charge in [0.05, 0.1) is 12.2 Å². The highest BCUT2D eigenvalue weighted by Gasteiger charge is 2.47. The van der Waals surface area contributed by atoms with Crippen molar-refractivity contribution in [3.05, 3.63) is 59.7 Å². The van der Waals surface area contributed by atoms with Crippen LogP contribution in [-0.2, 0) is 4.79 Å². The van der Waals surface area contributed by atoms with Crippen LogP contribution < -0.4 is 16.2 Å². The van der Waals surface area contributed by atoms with Gasteiger partial charge in [-0.25, -0.2) is 20.8 Å². The average molecular weight is 337 g/mol. The number of piperidine rings is 1. The Morgan fingerprint density at radius 3 is 2.68 bits per heavy atom. The summed E-state index contributed by atoms with van der Waals surface area (Å²) < 4.78 is 0. The molecule has 0 saturated carbocycles. The lowest BCUT2D eigenvalue weighted by molar-refractivity contribution is -0.125. The number of nitrogens with one attached hydrogen (secondary N) is 3.